The number of β-amino-alcohol motifs (C(OH)–C–C–N with tert-alkyl or cyclic N) is 1. The Morgan fingerprint density at radius 1 is 0.816 bits per heavy atom. The van der Waals surface area contributed by atoms with Gasteiger partial charge in [-0.25, -0.2) is 0 Å². The topological polar surface area (TPSA) is 95.4 Å². The molecule has 2 aromatic heterocycles. The summed E-state index contributed by atoms with van der Waals surface area (Å²) in [5.74, 6) is -0.198. The van der Waals surface area contributed by atoms with Crippen molar-refractivity contribution in [3.8, 4) is 22.5 Å². The minimum Gasteiger partial charge on any atom is -0.389 e. The van der Waals surface area contributed by atoms with Crippen molar-refractivity contribution in [3.05, 3.63) is 108 Å². The fraction of sp³-hybridized carbons (Fsp3) is 0.226. The third-order valence-corrected chi connectivity index (χ3v) is 6.78. The smallest absolute Gasteiger partial charge is 0.227 e. The van der Waals surface area contributed by atoms with Gasteiger partial charge in [-0.1, -0.05) is 48.5 Å². The monoisotopic (exact) mass is 506 g/mol. The number of hydrogen-bond acceptors (Lipinski definition) is 5. The van der Waals surface area contributed by atoms with Gasteiger partial charge in [-0.05, 0) is 53.9 Å². The summed E-state index contributed by atoms with van der Waals surface area (Å²) >= 11 is 0. The van der Waals surface area contributed by atoms with Crippen molar-refractivity contribution >= 4 is 11.8 Å². The molecule has 2 N–H and O–H groups in total. The number of pyridine rings is 2. The first-order valence-electron chi connectivity index (χ1n) is 12.8. The Hall–Kier alpha value is -4.36. The number of nitrogens with one attached hydrogen (secondary N) is 1. The SMILES string of the molecule is O=C(Cc1cccc(-c2ccccn2)c1)NC1CCN(C(=O)Cc2cccc(-c3ccccn3)c2)CC1O. The van der Waals surface area contributed by atoms with E-state index in [2.05, 4.69) is 15.3 Å². The van der Waals surface area contributed by atoms with Crippen LogP contribution >= 0.6 is 0 Å². The minimum atomic E-state index is -0.823. The molecule has 0 radical (unpaired) electrons. The lowest BCUT2D eigenvalue weighted by Gasteiger charge is -2.36. The summed E-state index contributed by atoms with van der Waals surface area (Å²) < 4.78 is 0. The summed E-state index contributed by atoms with van der Waals surface area (Å²) in [6.45, 7) is 0.675. The number of amides is 2. The summed E-state index contributed by atoms with van der Waals surface area (Å²) in [6.07, 6.45) is 3.62. The molecule has 0 bridgehead atoms. The third-order valence-electron chi connectivity index (χ3n) is 6.78. The van der Waals surface area contributed by atoms with Crippen LogP contribution in [0.4, 0.5) is 0 Å². The second-order valence-corrected chi connectivity index (χ2v) is 9.55. The Morgan fingerprint density at radius 2 is 1.42 bits per heavy atom. The fourth-order valence-electron chi connectivity index (χ4n) is 4.80. The summed E-state index contributed by atoms with van der Waals surface area (Å²) in [5.41, 5.74) is 5.40. The molecule has 7 heteroatoms. The van der Waals surface area contributed by atoms with Crippen LogP contribution in [0.5, 0.6) is 0 Å². The normalized spacial score (nSPS) is 17.1. The van der Waals surface area contributed by atoms with Gasteiger partial charge >= 0.3 is 0 Å². The number of piperidine rings is 1. The average molecular weight is 507 g/mol. The zero-order valence-corrected chi connectivity index (χ0v) is 21.0. The second kappa shape index (κ2) is 11.8. The van der Waals surface area contributed by atoms with Crippen molar-refractivity contribution in [1.82, 2.24) is 20.2 Å². The van der Waals surface area contributed by atoms with Gasteiger partial charge in [0.2, 0.25) is 11.8 Å². The highest BCUT2D eigenvalue weighted by Gasteiger charge is 2.31. The van der Waals surface area contributed by atoms with E-state index in [0.29, 0.717) is 13.0 Å². The Kier molecular flexibility index (Phi) is 7.85. The van der Waals surface area contributed by atoms with Crippen LogP contribution in [0.25, 0.3) is 22.5 Å². The van der Waals surface area contributed by atoms with Crippen molar-refractivity contribution in [3.63, 3.8) is 0 Å². The van der Waals surface area contributed by atoms with Crippen molar-refractivity contribution in [2.45, 2.75) is 31.4 Å². The van der Waals surface area contributed by atoms with Gasteiger partial charge in [0.15, 0.2) is 0 Å². The lowest BCUT2D eigenvalue weighted by atomic mass is 9.99. The highest BCUT2D eigenvalue weighted by molar-refractivity contribution is 5.81. The number of likely N-dealkylation sites (tertiary alicyclic amines) is 1. The standard InChI is InChI=1S/C31H30N4O3/c36-29-21-35(31(38)20-23-8-6-10-25(18-23)27-12-2-4-15-33-27)16-13-28(29)34-30(37)19-22-7-5-9-24(17-22)26-11-1-3-14-32-26/h1-12,14-15,17-18,28-29,36H,13,16,19-21H2,(H,34,37). The molecular formula is C31H30N4O3. The van der Waals surface area contributed by atoms with E-state index >= 15 is 0 Å². The number of benzene rings is 2. The molecule has 4 aromatic rings. The van der Waals surface area contributed by atoms with E-state index in [9.17, 15) is 14.7 Å². The highest BCUT2D eigenvalue weighted by Crippen LogP contribution is 2.20. The summed E-state index contributed by atoms with van der Waals surface area (Å²) in [5, 5.41) is 13.7. The molecular weight excluding hydrogens is 476 g/mol. The zero-order chi connectivity index (χ0) is 26.3. The van der Waals surface area contributed by atoms with Gasteiger partial charge in [-0.15, -0.1) is 0 Å². The number of nitrogens with zero attached hydrogens (tertiary/aromatic N) is 3. The molecule has 0 spiro atoms. The quantitative estimate of drug-likeness (QED) is 0.399. The first-order chi connectivity index (χ1) is 18.5. The molecule has 1 fully saturated rings. The molecule has 0 aliphatic carbocycles. The number of carbonyl (C=O) groups is 2. The molecule has 1 aliphatic rings. The molecule has 3 heterocycles. The first kappa shape index (κ1) is 25.3. The number of aliphatic hydroxyl groups excluding tert-OH is 1. The highest BCUT2D eigenvalue weighted by atomic mass is 16.3. The average Bonchev–Trinajstić information content (AvgIpc) is 2.95. The van der Waals surface area contributed by atoms with Crippen molar-refractivity contribution in [2.24, 2.45) is 0 Å². The van der Waals surface area contributed by atoms with Crippen LogP contribution in [0.3, 0.4) is 0 Å². The van der Waals surface area contributed by atoms with Crippen molar-refractivity contribution < 1.29 is 14.7 Å². The maximum atomic E-state index is 13.0. The number of aromatic nitrogens is 2. The Labute approximate surface area is 222 Å². The molecule has 7 nitrogen and oxygen atoms in total. The van der Waals surface area contributed by atoms with Crippen LogP contribution in [0, 0.1) is 0 Å². The van der Waals surface area contributed by atoms with Gasteiger partial charge in [0.1, 0.15) is 0 Å². The molecule has 5 rings (SSSR count). The third kappa shape index (κ3) is 6.30. The number of carbonyl (C=O) groups excluding carboxylic acids is 2. The molecule has 1 aliphatic heterocycles. The van der Waals surface area contributed by atoms with Gasteiger partial charge in [0.05, 0.1) is 36.4 Å². The predicted molar refractivity (Wildman–Crippen MR) is 146 cm³/mol. The molecule has 2 amide bonds. The van der Waals surface area contributed by atoms with Crippen LogP contribution in [0.2, 0.25) is 0 Å². The lowest BCUT2D eigenvalue weighted by molar-refractivity contribution is -0.134. The zero-order valence-electron chi connectivity index (χ0n) is 21.0. The largest absolute Gasteiger partial charge is 0.389 e. The Bertz CT molecular complexity index is 1390. The maximum absolute atomic E-state index is 13.0. The van der Waals surface area contributed by atoms with Crippen LogP contribution in [-0.4, -0.2) is 57.0 Å². The first-order valence-corrected chi connectivity index (χ1v) is 12.8. The molecule has 38 heavy (non-hydrogen) atoms. The maximum Gasteiger partial charge on any atom is 0.227 e. The van der Waals surface area contributed by atoms with Crippen molar-refractivity contribution in [2.75, 3.05) is 13.1 Å². The van der Waals surface area contributed by atoms with E-state index in [1.165, 1.54) is 0 Å². The van der Waals surface area contributed by atoms with Gasteiger partial charge in [-0.2, -0.15) is 0 Å². The van der Waals surface area contributed by atoms with Crippen LogP contribution in [0.1, 0.15) is 17.5 Å². The van der Waals surface area contributed by atoms with E-state index in [1.54, 1.807) is 17.3 Å². The summed E-state index contributed by atoms with van der Waals surface area (Å²) in [4.78, 5) is 36.2. The van der Waals surface area contributed by atoms with Gasteiger partial charge in [0, 0.05) is 36.6 Å². The van der Waals surface area contributed by atoms with E-state index in [1.807, 2.05) is 84.9 Å². The second-order valence-electron chi connectivity index (χ2n) is 9.55. The van der Waals surface area contributed by atoms with Crippen LogP contribution < -0.4 is 5.32 Å². The van der Waals surface area contributed by atoms with Gasteiger partial charge in [-0.3, -0.25) is 19.6 Å². The van der Waals surface area contributed by atoms with Gasteiger partial charge in [0.25, 0.3) is 0 Å². The number of hydrogen-bond donors (Lipinski definition) is 2. The fourth-order valence-corrected chi connectivity index (χ4v) is 4.80. The van der Waals surface area contributed by atoms with E-state index in [-0.39, 0.29) is 31.2 Å². The minimum absolute atomic E-state index is 0.0432. The Balaban J connectivity index is 1.14. The van der Waals surface area contributed by atoms with Crippen molar-refractivity contribution in [1.29, 1.82) is 0 Å². The molecule has 0 saturated carbocycles. The van der Waals surface area contributed by atoms with Crippen LogP contribution in [0.15, 0.2) is 97.3 Å². The lowest BCUT2D eigenvalue weighted by Crippen LogP contribution is -2.55. The molecule has 2 aromatic carbocycles. The summed E-state index contributed by atoms with van der Waals surface area (Å²) in [6, 6.07) is 26.6. The molecule has 2 unspecified atom stereocenters. The van der Waals surface area contributed by atoms with Crippen LogP contribution in [-0.2, 0) is 22.4 Å². The van der Waals surface area contributed by atoms with E-state index in [4.69, 9.17) is 0 Å². The number of aliphatic hydroxyl groups is 1. The molecule has 2 atom stereocenters. The summed E-state index contributed by atoms with van der Waals surface area (Å²) in [7, 11) is 0. The van der Waals surface area contributed by atoms with E-state index < -0.39 is 12.1 Å². The van der Waals surface area contributed by atoms with Gasteiger partial charge < -0.3 is 15.3 Å². The molecule has 1 saturated heterocycles. The number of rotatable bonds is 7. The predicted octanol–water partition coefficient (Wildman–Crippen LogP) is 3.67. The molecule has 192 valence electrons. The Morgan fingerprint density at radius 3 is 1.97 bits per heavy atom. The van der Waals surface area contributed by atoms with E-state index in [0.717, 1.165) is 33.6 Å².